The molecule has 29 heavy (non-hydrogen) atoms. The number of hydrogen-bond donors (Lipinski definition) is 4. The summed E-state index contributed by atoms with van der Waals surface area (Å²) in [5.74, 6) is 0.717. The van der Waals surface area contributed by atoms with Gasteiger partial charge in [-0.2, -0.15) is 0 Å². The van der Waals surface area contributed by atoms with Crippen molar-refractivity contribution in [3.63, 3.8) is 0 Å². The lowest BCUT2D eigenvalue weighted by Crippen LogP contribution is -2.39. The second-order valence-corrected chi connectivity index (χ2v) is 7.02. The lowest BCUT2D eigenvalue weighted by molar-refractivity contribution is 0.0963. The van der Waals surface area contributed by atoms with Crippen LogP contribution in [0.1, 0.15) is 27.0 Å². The summed E-state index contributed by atoms with van der Waals surface area (Å²) >= 11 is 0. The summed E-state index contributed by atoms with van der Waals surface area (Å²) in [7, 11) is 3.42. The molecule has 0 aliphatic heterocycles. The molecule has 0 bridgehead atoms. The molecular formula is C23H29N5O. The van der Waals surface area contributed by atoms with Gasteiger partial charge >= 0.3 is 0 Å². The van der Waals surface area contributed by atoms with Crippen LogP contribution < -0.4 is 16.0 Å². The Balaban J connectivity index is 1.48. The van der Waals surface area contributed by atoms with E-state index in [9.17, 15) is 4.79 Å². The summed E-state index contributed by atoms with van der Waals surface area (Å²) in [5.41, 5.74) is 5.58. The molecule has 4 N–H and O–H groups in total. The molecular weight excluding hydrogens is 362 g/mol. The highest BCUT2D eigenvalue weighted by Gasteiger charge is 2.07. The number of aliphatic imine (C=N–C) groups is 1. The molecule has 0 fully saturated rings. The minimum Gasteiger partial charge on any atom is -0.361 e. The fourth-order valence-corrected chi connectivity index (χ4v) is 3.52. The van der Waals surface area contributed by atoms with E-state index in [0.29, 0.717) is 5.56 Å². The Morgan fingerprint density at radius 3 is 2.59 bits per heavy atom. The molecule has 0 radical (unpaired) electrons. The molecule has 3 aromatic rings. The number of carbonyl (C=O) groups excluding carboxylic acids is 1. The molecule has 152 valence electrons. The number of guanidine groups is 1. The molecule has 1 amide bonds. The summed E-state index contributed by atoms with van der Waals surface area (Å²) in [6.45, 7) is 3.68. The number of aromatic nitrogens is 1. The maximum atomic E-state index is 11.8. The van der Waals surface area contributed by atoms with Crippen molar-refractivity contribution in [3.05, 3.63) is 70.9 Å². The van der Waals surface area contributed by atoms with Crippen molar-refractivity contribution in [1.82, 2.24) is 20.9 Å². The molecule has 2 aromatic carbocycles. The summed E-state index contributed by atoms with van der Waals surface area (Å²) in [6.07, 6.45) is 3.82. The van der Waals surface area contributed by atoms with Gasteiger partial charge in [0.2, 0.25) is 0 Å². The Hall–Kier alpha value is -3.28. The Morgan fingerprint density at radius 2 is 1.83 bits per heavy atom. The van der Waals surface area contributed by atoms with E-state index in [1.165, 1.54) is 22.0 Å². The van der Waals surface area contributed by atoms with Crippen LogP contribution in [0.15, 0.2) is 53.7 Å². The molecule has 3 rings (SSSR count). The van der Waals surface area contributed by atoms with Crippen LogP contribution in [0.3, 0.4) is 0 Å². The number of benzene rings is 2. The molecule has 0 unspecified atom stereocenters. The number of carbonyl (C=O) groups is 1. The van der Waals surface area contributed by atoms with Gasteiger partial charge in [0, 0.05) is 49.8 Å². The zero-order valence-electron chi connectivity index (χ0n) is 17.3. The zero-order chi connectivity index (χ0) is 20.6. The van der Waals surface area contributed by atoms with Gasteiger partial charge in [0.1, 0.15) is 0 Å². The topological polar surface area (TPSA) is 81.3 Å². The van der Waals surface area contributed by atoms with Gasteiger partial charge in [0.05, 0.1) is 0 Å². The van der Waals surface area contributed by atoms with Crippen LogP contribution in [0.2, 0.25) is 0 Å². The van der Waals surface area contributed by atoms with Gasteiger partial charge in [0.15, 0.2) is 5.96 Å². The SMILES string of the molecule is CN=C(NCCc1cccc(C(=O)NC)c1)NCCc1c[nH]c2cccc(C)c12. The number of rotatable bonds is 7. The highest BCUT2D eigenvalue weighted by molar-refractivity contribution is 5.94. The second kappa shape index (κ2) is 9.78. The zero-order valence-corrected chi connectivity index (χ0v) is 17.3. The average molecular weight is 392 g/mol. The molecule has 0 saturated heterocycles. The Kier molecular flexibility index (Phi) is 6.89. The van der Waals surface area contributed by atoms with E-state index in [1.807, 2.05) is 24.3 Å². The normalized spacial score (nSPS) is 11.5. The maximum Gasteiger partial charge on any atom is 0.251 e. The number of nitrogens with one attached hydrogen (secondary N) is 4. The first-order valence-electron chi connectivity index (χ1n) is 9.93. The van der Waals surface area contributed by atoms with Crippen molar-refractivity contribution in [1.29, 1.82) is 0 Å². The van der Waals surface area contributed by atoms with Crippen LogP contribution in [0.5, 0.6) is 0 Å². The number of amides is 1. The van der Waals surface area contributed by atoms with E-state index in [2.05, 4.69) is 57.2 Å². The van der Waals surface area contributed by atoms with Gasteiger partial charge in [-0.3, -0.25) is 9.79 Å². The highest BCUT2D eigenvalue weighted by Crippen LogP contribution is 2.22. The predicted octanol–water partition coefficient (Wildman–Crippen LogP) is 2.79. The molecule has 0 atom stereocenters. The quantitative estimate of drug-likeness (QED) is 0.369. The van der Waals surface area contributed by atoms with Crippen LogP contribution in [0.4, 0.5) is 0 Å². The van der Waals surface area contributed by atoms with Gasteiger partial charge in [-0.25, -0.2) is 0 Å². The number of nitrogens with zero attached hydrogens (tertiary/aromatic N) is 1. The van der Waals surface area contributed by atoms with Crippen LogP contribution in [0.25, 0.3) is 10.9 Å². The van der Waals surface area contributed by atoms with Crippen molar-refractivity contribution < 1.29 is 4.79 Å². The van der Waals surface area contributed by atoms with Gasteiger partial charge in [-0.05, 0) is 54.7 Å². The maximum absolute atomic E-state index is 11.8. The van der Waals surface area contributed by atoms with Gasteiger partial charge in [-0.1, -0.05) is 24.3 Å². The Morgan fingerprint density at radius 1 is 1.07 bits per heavy atom. The Labute approximate surface area is 171 Å². The fourth-order valence-electron chi connectivity index (χ4n) is 3.52. The van der Waals surface area contributed by atoms with Gasteiger partial charge in [0.25, 0.3) is 5.91 Å². The number of aryl methyl sites for hydroxylation is 1. The standard InChI is InChI=1S/C23H29N5O/c1-16-6-4-9-20-21(16)19(15-28-20)11-13-27-23(25-3)26-12-10-17-7-5-8-18(14-17)22(29)24-2/h4-9,14-15,28H,10-13H2,1-3H3,(H,24,29)(H2,25,26,27). The molecule has 6 nitrogen and oxygen atoms in total. The van der Waals surface area contributed by atoms with Gasteiger partial charge < -0.3 is 20.9 Å². The van der Waals surface area contributed by atoms with E-state index < -0.39 is 0 Å². The number of H-pyrrole nitrogens is 1. The first-order chi connectivity index (χ1) is 14.1. The molecule has 6 heteroatoms. The summed E-state index contributed by atoms with van der Waals surface area (Å²) < 4.78 is 0. The molecule has 0 spiro atoms. The van der Waals surface area contributed by atoms with Crippen molar-refractivity contribution in [2.45, 2.75) is 19.8 Å². The summed E-state index contributed by atoms with van der Waals surface area (Å²) in [4.78, 5) is 19.4. The third-order valence-electron chi connectivity index (χ3n) is 5.03. The molecule has 1 heterocycles. The fraction of sp³-hybridized carbons (Fsp3) is 0.304. The monoisotopic (exact) mass is 391 g/mol. The minimum atomic E-state index is -0.0650. The highest BCUT2D eigenvalue weighted by atomic mass is 16.1. The van der Waals surface area contributed by atoms with Crippen molar-refractivity contribution in [2.75, 3.05) is 27.2 Å². The van der Waals surface area contributed by atoms with Crippen molar-refractivity contribution >= 4 is 22.8 Å². The van der Waals surface area contributed by atoms with E-state index in [-0.39, 0.29) is 5.91 Å². The molecule has 1 aromatic heterocycles. The van der Waals surface area contributed by atoms with Crippen molar-refractivity contribution in [2.24, 2.45) is 4.99 Å². The van der Waals surface area contributed by atoms with Crippen LogP contribution in [0, 0.1) is 6.92 Å². The second-order valence-electron chi connectivity index (χ2n) is 7.02. The molecule has 0 saturated carbocycles. The van der Waals surface area contributed by atoms with E-state index >= 15 is 0 Å². The average Bonchev–Trinajstić information content (AvgIpc) is 3.16. The summed E-state index contributed by atoms with van der Waals surface area (Å²) in [5, 5.41) is 10.7. The number of fused-ring (bicyclic) bond motifs is 1. The first-order valence-corrected chi connectivity index (χ1v) is 9.93. The first kappa shape index (κ1) is 20.5. The Bertz CT molecular complexity index is 1010. The number of aromatic amines is 1. The van der Waals surface area contributed by atoms with Crippen LogP contribution >= 0.6 is 0 Å². The van der Waals surface area contributed by atoms with Crippen LogP contribution in [-0.4, -0.2) is 44.0 Å². The predicted molar refractivity (Wildman–Crippen MR) is 120 cm³/mol. The van der Waals surface area contributed by atoms with E-state index in [1.54, 1.807) is 14.1 Å². The lowest BCUT2D eigenvalue weighted by atomic mass is 10.1. The smallest absolute Gasteiger partial charge is 0.251 e. The third-order valence-corrected chi connectivity index (χ3v) is 5.03. The summed E-state index contributed by atoms with van der Waals surface area (Å²) in [6, 6.07) is 14.0. The van der Waals surface area contributed by atoms with Crippen molar-refractivity contribution in [3.8, 4) is 0 Å². The van der Waals surface area contributed by atoms with Gasteiger partial charge in [-0.15, -0.1) is 0 Å². The lowest BCUT2D eigenvalue weighted by Gasteiger charge is -2.12. The largest absolute Gasteiger partial charge is 0.361 e. The van der Waals surface area contributed by atoms with E-state index in [4.69, 9.17) is 0 Å². The number of hydrogen-bond acceptors (Lipinski definition) is 2. The van der Waals surface area contributed by atoms with Crippen LogP contribution in [-0.2, 0) is 12.8 Å². The minimum absolute atomic E-state index is 0.0650. The molecule has 0 aliphatic rings. The molecule has 0 aliphatic carbocycles. The third kappa shape index (κ3) is 5.16. The van der Waals surface area contributed by atoms with E-state index in [0.717, 1.165) is 37.5 Å².